The topological polar surface area (TPSA) is 35.5 Å². The van der Waals surface area contributed by atoms with E-state index >= 15 is 0 Å². The fourth-order valence-corrected chi connectivity index (χ4v) is 4.81. The number of hydrogen-bond acceptors (Lipinski definition) is 3. The van der Waals surface area contributed by atoms with Gasteiger partial charge in [-0.05, 0) is 44.9 Å². The van der Waals surface area contributed by atoms with Crippen molar-refractivity contribution in [2.45, 2.75) is 95.4 Å². The van der Waals surface area contributed by atoms with Crippen LogP contribution in [0, 0.1) is 5.92 Å². The van der Waals surface area contributed by atoms with Gasteiger partial charge >= 0.3 is 0 Å². The Morgan fingerprint density at radius 2 is 1.57 bits per heavy atom. The molecule has 2 aliphatic carbocycles. The molecule has 2 N–H and O–H groups in total. The molecular weight excluding hydrogens is 260 g/mol. The summed E-state index contributed by atoms with van der Waals surface area (Å²) in [6.07, 6.45) is 13.5. The number of nitrogens with zero attached hydrogens (tertiary/aromatic N) is 1. The lowest BCUT2D eigenvalue weighted by molar-refractivity contribution is 0.0269. The zero-order chi connectivity index (χ0) is 14.7. The molecule has 1 heterocycles. The van der Waals surface area contributed by atoms with E-state index in [1.165, 1.54) is 64.3 Å². The summed E-state index contributed by atoms with van der Waals surface area (Å²) in [6.45, 7) is 4.32. The molecule has 3 rings (SSSR count). The van der Waals surface area contributed by atoms with Crippen LogP contribution in [0.25, 0.3) is 0 Å². The van der Waals surface area contributed by atoms with Crippen molar-refractivity contribution in [1.82, 2.24) is 10.2 Å². The molecule has 3 atom stereocenters. The molecule has 0 spiro atoms. The van der Waals surface area contributed by atoms with Crippen molar-refractivity contribution in [1.29, 1.82) is 0 Å². The normalized spacial score (nSPS) is 35.1. The summed E-state index contributed by atoms with van der Waals surface area (Å²) in [5.74, 6) is 0.459. The molecule has 3 nitrogen and oxygen atoms in total. The standard InChI is InChI=1S/C18H34N2O/c1-14(21)15-11-17(19-16-7-3-2-4-8-16)13-20(12-15)18-9-5-6-10-18/h14-19,21H,2-13H2,1H3. The van der Waals surface area contributed by atoms with Gasteiger partial charge in [0.15, 0.2) is 0 Å². The van der Waals surface area contributed by atoms with E-state index in [-0.39, 0.29) is 6.10 Å². The van der Waals surface area contributed by atoms with Crippen molar-refractivity contribution in [2.24, 2.45) is 5.92 Å². The molecule has 0 aromatic rings. The summed E-state index contributed by atoms with van der Waals surface area (Å²) in [5, 5.41) is 14.1. The molecule has 1 saturated heterocycles. The van der Waals surface area contributed by atoms with Crippen molar-refractivity contribution >= 4 is 0 Å². The lowest BCUT2D eigenvalue weighted by Gasteiger charge is -2.43. The average molecular weight is 294 g/mol. The summed E-state index contributed by atoms with van der Waals surface area (Å²) in [4.78, 5) is 2.70. The minimum atomic E-state index is -0.162. The van der Waals surface area contributed by atoms with Gasteiger partial charge in [0.25, 0.3) is 0 Å². The van der Waals surface area contributed by atoms with E-state index in [0.717, 1.165) is 25.0 Å². The number of aliphatic hydroxyl groups is 1. The van der Waals surface area contributed by atoms with Gasteiger partial charge in [0.1, 0.15) is 0 Å². The molecule has 122 valence electrons. The molecule has 0 amide bonds. The smallest absolute Gasteiger partial charge is 0.0553 e. The third-order valence-electron chi connectivity index (χ3n) is 6.11. The van der Waals surface area contributed by atoms with Gasteiger partial charge in [0.2, 0.25) is 0 Å². The van der Waals surface area contributed by atoms with Gasteiger partial charge in [-0.2, -0.15) is 0 Å². The van der Waals surface area contributed by atoms with Gasteiger partial charge in [-0.1, -0.05) is 32.1 Å². The maximum Gasteiger partial charge on any atom is 0.0553 e. The van der Waals surface area contributed by atoms with Crippen molar-refractivity contribution in [3.63, 3.8) is 0 Å². The molecule has 0 radical (unpaired) electrons. The number of piperidine rings is 1. The molecule has 1 aliphatic heterocycles. The largest absolute Gasteiger partial charge is 0.393 e. The Labute approximate surface area is 130 Å². The summed E-state index contributed by atoms with van der Waals surface area (Å²) in [5.41, 5.74) is 0. The van der Waals surface area contributed by atoms with Gasteiger partial charge in [0, 0.05) is 31.2 Å². The molecule has 0 aromatic carbocycles. The predicted molar refractivity (Wildman–Crippen MR) is 87.4 cm³/mol. The molecule has 0 bridgehead atoms. The van der Waals surface area contributed by atoms with Crippen LogP contribution in [0.5, 0.6) is 0 Å². The first-order chi connectivity index (χ1) is 10.2. The highest BCUT2D eigenvalue weighted by molar-refractivity contribution is 4.91. The lowest BCUT2D eigenvalue weighted by atomic mass is 9.87. The quantitative estimate of drug-likeness (QED) is 0.837. The van der Waals surface area contributed by atoms with Gasteiger partial charge in [-0.15, -0.1) is 0 Å². The first kappa shape index (κ1) is 15.8. The van der Waals surface area contributed by atoms with Crippen LogP contribution in [0.1, 0.15) is 71.1 Å². The first-order valence-electron chi connectivity index (χ1n) is 9.40. The summed E-state index contributed by atoms with van der Waals surface area (Å²) in [6, 6.07) is 2.13. The average Bonchev–Trinajstić information content (AvgIpc) is 3.02. The van der Waals surface area contributed by atoms with Crippen LogP contribution in [0.4, 0.5) is 0 Å². The van der Waals surface area contributed by atoms with E-state index in [0.29, 0.717) is 12.0 Å². The lowest BCUT2D eigenvalue weighted by Crippen LogP contribution is -2.55. The molecule has 21 heavy (non-hydrogen) atoms. The zero-order valence-corrected chi connectivity index (χ0v) is 13.8. The van der Waals surface area contributed by atoms with E-state index in [1.54, 1.807) is 0 Å². The van der Waals surface area contributed by atoms with Crippen molar-refractivity contribution in [3.8, 4) is 0 Å². The molecule has 3 aliphatic rings. The third kappa shape index (κ3) is 4.20. The fraction of sp³-hybridized carbons (Fsp3) is 1.00. The maximum atomic E-state index is 10.1. The Morgan fingerprint density at radius 3 is 2.24 bits per heavy atom. The SMILES string of the molecule is CC(O)C1CC(NC2CCCCC2)CN(C2CCCC2)C1. The van der Waals surface area contributed by atoms with Crippen molar-refractivity contribution in [3.05, 3.63) is 0 Å². The minimum Gasteiger partial charge on any atom is -0.393 e. The van der Waals surface area contributed by atoms with Crippen LogP contribution in [0.3, 0.4) is 0 Å². The highest BCUT2D eigenvalue weighted by atomic mass is 16.3. The Balaban J connectivity index is 1.58. The van der Waals surface area contributed by atoms with Gasteiger partial charge in [-0.3, -0.25) is 4.90 Å². The Morgan fingerprint density at radius 1 is 0.905 bits per heavy atom. The second kappa shape index (κ2) is 7.43. The monoisotopic (exact) mass is 294 g/mol. The second-order valence-corrected chi connectivity index (χ2v) is 7.83. The minimum absolute atomic E-state index is 0.162. The zero-order valence-electron chi connectivity index (χ0n) is 13.8. The van der Waals surface area contributed by atoms with E-state index in [9.17, 15) is 5.11 Å². The van der Waals surface area contributed by atoms with Crippen molar-refractivity contribution in [2.75, 3.05) is 13.1 Å². The Bertz CT molecular complexity index is 308. The van der Waals surface area contributed by atoms with E-state index in [2.05, 4.69) is 10.2 Å². The fourth-order valence-electron chi connectivity index (χ4n) is 4.81. The molecule has 2 saturated carbocycles. The summed E-state index contributed by atoms with van der Waals surface area (Å²) in [7, 11) is 0. The number of hydrogen-bond donors (Lipinski definition) is 2. The van der Waals surface area contributed by atoms with E-state index in [4.69, 9.17) is 0 Å². The summed E-state index contributed by atoms with van der Waals surface area (Å²) < 4.78 is 0. The van der Waals surface area contributed by atoms with Gasteiger partial charge < -0.3 is 10.4 Å². The first-order valence-corrected chi connectivity index (χ1v) is 9.40. The number of aliphatic hydroxyl groups excluding tert-OH is 1. The summed E-state index contributed by atoms with van der Waals surface area (Å²) >= 11 is 0. The van der Waals surface area contributed by atoms with Crippen LogP contribution >= 0.6 is 0 Å². The van der Waals surface area contributed by atoms with Crippen LogP contribution in [-0.2, 0) is 0 Å². The molecule has 3 heteroatoms. The van der Waals surface area contributed by atoms with Crippen LogP contribution in [0.2, 0.25) is 0 Å². The number of rotatable bonds is 4. The van der Waals surface area contributed by atoms with Crippen LogP contribution < -0.4 is 5.32 Å². The Hall–Kier alpha value is -0.120. The van der Waals surface area contributed by atoms with Crippen LogP contribution in [0.15, 0.2) is 0 Å². The van der Waals surface area contributed by atoms with Gasteiger partial charge in [0.05, 0.1) is 6.10 Å². The number of likely N-dealkylation sites (tertiary alicyclic amines) is 1. The van der Waals surface area contributed by atoms with Gasteiger partial charge in [-0.25, -0.2) is 0 Å². The van der Waals surface area contributed by atoms with Crippen molar-refractivity contribution < 1.29 is 5.11 Å². The van der Waals surface area contributed by atoms with E-state index < -0.39 is 0 Å². The number of nitrogens with one attached hydrogen (secondary N) is 1. The molecule has 3 unspecified atom stereocenters. The third-order valence-corrected chi connectivity index (χ3v) is 6.11. The molecule has 3 fully saturated rings. The predicted octanol–water partition coefficient (Wildman–Crippen LogP) is 2.92. The highest BCUT2D eigenvalue weighted by Crippen LogP contribution is 2.30. The Kier molecular flexibility index (Phi) is 5.58. The second-order valence-electron chi connectivity index (χ2n) is 7.83. The molecular formula is C18H34N2O. The van der Waals surface area contributed by atoms with Crippen LogP contribution in [-0.4, -0.2) is 47.3 Å². The molecule has 0 aromatic heterocycles. The maximum absolute atomic E-state index is 10.1. The van der Waals surface area contributed by atoms with E-state index in [1.807, 2.05) is 6.92 Å². The highest BCUT2D eigenvalue weighted by Gasteiger charge is 2.35.